The van der Waals surface area contributed by atoms with Gasteiger partial charge >= 0.3 is 0 Å². The Balaban J connectivity index is 1.61. The number of carbonyl (C=O) groups excluding carboxylic acids is 1. The van der Waals surface area contributed by atoms with E-state index in [4.69, 9.17) is 4.74 Å². The van der Waals surface area contributed by atoms with Crippen molar-refractivity contribution in [3.8, 4) is 11.5 Å². The van der Waals surface area contributed by atoms with Crippen LogP contribution in [0.25, 0.3) is 0 Å². The van der Waals surface area contributed by atoms with E-state index in [0.717, 1.165) is 43.1 Å². The molecule has 3 rings (SSSR count). The lowest BCUT2D eigenvalue weighted by molar-refractivity contribution is 0.0754. The van der Waals surface area contributed by atoms with Crippen molar-refractivity contribution in [2.45, 2.75) is 26.7 Å². The number of benzene rings is 2. The molecule has 0 fully saturated rings. The van der Waals surface area contributed by atoms with Gasteiger partial charge in [0.25, 0.3) is 5.91 Å². The summed E-state index contributed by atoms with van der Waals surface area (Å²) >= 11 is 0. The van der Waals surface area contributed by atoms with Gasteiger partial charge in [0.1, 0.15) is 11.5 Å². The summed E-state index contributed by atoms with van der Waals surface area (Å²) in [6.07, 6.45) is 5.00. The van der Waals surface area contributed by atoms with Crippen LogP contribution >= 0.6 is 0 Å². The standard InChI is InChI=1S/C23H26N4O2/c1-3-14-27(15-4-2)22(28)18-16-24-23(25-17-18)26-19-10-12-21(13-11-19)29-20-8-6-5-7-9-20/h5-13,16-17H,3-4,14-15H2,1-2H3,(H,24,25,26). The van der Waals surface area contributed by atoms with Crippen molar-refractivity contribution in [2.75, 3.05) is 18.4 Å². The number of carbonyl (C=O) groups is 1. The fourth-order valence-electron chi connectivity index (χ4n) is 2.90. The van der Waals surface area contributed by atoms with Crippen LogP contribution in [-0.4, -0.2) is 33.9 Å². The minimum Gasteiger partial charge on any atom is -0.457 e. The van der Waals surface area contributed by atoms with Crippen molar-refractivity contribution in [1.82, 2.24) is 14.9 Å². The number of rotatable bonds is 9. The van der Waals surface area contributed by atoms with Gasteiger partial charge in [0.2, 0.25) is 5.95 Å². The molecule has 1 amide bonds. The lowest BCUT2D eigenvalue weighted by Crippen LogP contribution is -2.32. The molecule has 0 aliphatic heterocycles. The van der Waals surface area contributed by atoms with E-state index in [1.807, 2.05) is 59.5 Å². The molecule has 0 radical (unpaired) electrons. The minimum atomic E-state index is -0.0253. The number of aromatic nitrogens is 2. The maximum atomic E-state index is 12.6. The number of ether oxygens (including phenoxy) is 1. The summed E-state index contributed by atoms with van der Waals surface area (Å²) in [5, 5.41) is 3.14. The number of hydrogen-bond acceptors (Lipinski definition) is 5. The molecule has 0 unspecified atom stereocenters. The van der Waals surface area contributed by atoms with E-state index in [2.05, 4.69) is 29.1 Å². The Morgan fingerprint density at radius 3 is 2.07 bits per heavy atom. The van der Waals surface area contributed by atoms with Gasteiger partial charge < -0.3 is 15.0 Å². The first-order chi connectivity index (χ1) is 14.2. The lowest BCUT2D eigenvalue weighted by atomic mass is 10.2. The summed E-state index contributed by atoms with van der Waals surface area (Å²) in [6.45, 7) is 5.61. The zero-order valence-corrected chi connectivity index (χ0v) is 16.8. The second kappa shape index (κ2) is 10.2. The second-order valence-corrected chi connectivity index (χ2v) is 6.65. The first-order valence-corrected chi connectivity index (χ1v) is 9.91. The van der Waals surface area contributed by atoms with Gasteiger partial charge in [-0.05, 0) is 49.2 Å². The molecular formula is C23H26N4O2. The number of nitrogens with one attached hydrogen (secondary N) is 1. The van der Waals surface area contributed by atoms with Crippen LogP contribution in [-0.2, 0) is 0 Å². The van der Waals surface area contributed by atoms with E-state index in [9.17, 15) is 4.79 Å². The topological polar surface area (TPSA) is 67.4 Å². The van der Waals surface area contributed by atoms with Crippen molar-refractivity contribution >= 4 is 17.5 Å². The van der Waals surface area contributed by atoms with Crippen LogP contribution in [0, 0.1) is 0 Å². The van der Waals surface area contributed by atoms with Crippen molar-refractivity contribution in [2.24, 2.45) is 0 Å². The molecule has 2 aromatic carbocycles. The molecule has 0 atom stereocenters. The average Bonchev–Trinajstić information content (AvgIpc) is 2.76. The summed E-state index contributed by atoms with van der Waals surface area (Å²) in [7, 11) is 0. The normalized spacial score (nSPS) is 10.4. The highest BCUT2D eigenvalue weighted by Crippen LogP contribution is 2.23. The molecule has 1 aromatic heterocycles. The third-order valence-electron chi connectivity index (χ3n) is 4.26. The SMILES string of the molecule is CCCN(CCC)C(=O)c1cnc(Nc2ccc(Oc3ccccc3)cc2)nc1. The molecule has 1 heterocycles. The van der Waals surface area contributed by atoms with Crippen LogP contribution in [0.3, 0.4) is 0 Å². The molecule has 0 saturated carbocycles. The molecular weight excluding hydrogens is 364 g/mol. The van der Waals surface area contributed by atoms with Crippen molar-refractivity contribution in [3.63, 3.8) is 0 Å². The molecule has 0 aliphatic carbocycles. The first kappa shape index (κ1) is 20.3. The van der Waals surface area contributed by atoms with Gasteiger partial charge in [-0.15, -0.1) is 0 Å². The van der Waals surface area contributed by atoms with Gasteiger partial charge in [-0.1, -0.05) is 32.0 Å². The highest BCUT2D eigenvalue weighted by molar-refractivity contribution is 5.93. The number of nitrogens with zero attached hydrogens (tertiary/aromatic N) is 3. The maximum Gasteiger partial charge on any atom is 0.256 e. The van der Waals surface area contributed by atoms with Crippen LogP contribution in [0.2, 0.25) is 0 Å². The molecule has 6 heteroatoms. The Morgan fingerprint density at radius 1 is 0.897 bits per heavy atom. The Morgan fingerprint density at radius 2 is 1.48 bits per heavy atom. The summed E-state index contributed by atoms with van der Waals surface area (Å²) < 4.78 is 5.79. The van der Waals surface area contributed by atoms with Gasteiger partial charge in [0.15, 0.2) is 0 Å². The Labute approximate surface area is 171 Å². The third-order valence-corrected chi connectivity index (χ3v) is 4.26. The van der Waals surface area contributed by atoms with Gasteiger partial charge in [-0.25, -0.2) is 9.97 Å². The molecule has 0 saturated heterocycles. The molecule has 0 spiro atoms. The van der Waals surface area contributed by atoms with Gasteiger partial charge in [0.05, 0.1) is 5.56 Å². The number of para-hydroxylation sites is 1. The highest BCUT2D eigenvalue weighted by Gasteiger charge is 2.15. The van der Waals surface area contributed by atoms with Crippen molar-refractivity contribution in [3.05, 3.63) is 72.6 Å². The summed E-state index contributed by atoms with van der Waals surface area (Å²) in [5.74, 6) is 1.95. The summed E-state index contributed by atoms with van der Waals surface area (Å²) in [6, 6.07) is 17.2. The highest BCUT2D eigenvalue weighted by atomic mass is 16.5. The van der Waals surface area contributed by atoms with Gasteiger partial charge in [0, 0.05) is 31.2 Å². The minimum absolute atomic E-state index is 0.0253. The van der Waals surface area contributed by atoms with E-state index in [0.29, 0.717) is 11.5 Å². The molecule has 0 aliphatic rings. The average molecular weight is 390 g/mol. The second-order valence-electron chi connectivity index (χ2n) is 6.65. The van der Waals surface area contributed by atoms with E-state index in [1.54, 1.807) is 12.4 Å². The van der Waals surface area contributed by atoms with Gasteiger partial charge in [-0.3, -0.25) is 4.79 Å². The fraction of sp³-hybridized carbons (Fsp3) is 0.261. The maximum absolute atomic E-state index is 12.6. The number of amides is 1. The van der Waals surface area contributed by atoms with E-state index >= 15 is 0 Å². The molecule has 150 valence electrons. The molecule has 3 aromatic rings. The van der Waals surface area contributed by atoms with Gasteiger partial charge in [-0.2, -0.15) is 0 Å². The smallest absolute Gasteiger partial charge is 0.256 e. The molecule has 0 bridgehead atoms. The predicted molar refractivity (Wildman–Crippen MR) is 115 cm³/mol. The molecule has 1 N–H and O–H groups in total. The first-order valence-electron chi connectivity index (χ1n) is 9.91. The quantitative estimate of drug-likeness (QED) is 0.539. The van der Waals surface area contributed by atoms with Crippen LogP contribution in [0.5, 0.6) is 11.5 Å². The largest absolute Gasteiger partial charge is 0.457 e. The predicted octanol–water partition coefficient (Wildman–Crippen LogP) is 5.27. The van der Waals surface area contributed by atoms with Crippen LogP contribution in [0.4, 0.5) is 11.6 Å². The number of hydrogen-bond donors (Lipinski definition) is 1. The lowest BCUT2D eigenvalue weighted by Gasteiger charge is -2.21. The van der Waals surface area contributed by atoms with E-state index in [1.165, 1.54) is 0 Å². The monoisotopic (exact) mass is 390 g/mol. The molecule has 29 heavy (non-hydrogen) atoms. The van der Waals surface area contributed by atoms with Crippen molar-refractivity contribution in [1.29, 1.82) is 0 Å². The summed E-state index contributed by atoms with van der Waals surface area (Å²) in [4.78, 5) is 23.0. The Hall–Kier alpha value is -3.41. The van der Waals surface area contributed by atoms with E-state index < -0.39 is 0 Å². The van der Waals surface area contributed by atoms with E-state index in [-0.39, 0.29) is 5.91 Å². The Kier molecular flexibility index (Phi) is 7.16. The fourth-order valence-corrected chi connectivity index (χ4v) is 2.90. The Bertz CT molecular complexity index is 890. The van der Waals surface area contributed by atoms with Crippen LogP contribution in [0.15, 0.2) is 67.0 Å². The van der Waals surface area contributed by atoms with Crippen molar-refractivity contribution < 1.29 is 9.53 Å². The summed E-state index contributed by atoms with van der Waals surface area (Å²) in [5.41, 5.74) is 1.34. The van der Waals surface area contributed by atoms with Crippen LogP contribution in [0.1, 0.15) is 37.0 Å². The third kappa shape index (κ3) is 5.78. The molecule has 6 nitrogen and oxygen atoms in total. The van der Waals surface area contributed by atoms with Crippen LogP contribution < -0.4 is 10.1 Å². The number of anilines is 2. The zero-order chi connectivity index (χ0) is 20.5. The zero-order valence-electron chi connectivity index (χ0n) is 16.8.